The summed E-state index contributed by atoms with van der Waals surface area (Å²) in [4.78, 5) is 26.0. The van der Waals surface area contributed by atoms with Crippen molar-refractivity contribution in [2.45, 2.75) is 31.0 Å². The van der Waals surface area contributed by atoms with Gasteiger partial charge in [0.25, 0.3) is 11.8 Å². The molecule has 20 heavy (non-hydrogen) atoms. The van der Waals surface area contributed by atoms with Crippen LogP contribution < -0.4 is 0 Å². The Labute approximate surface area is 114 Å². The molecule has 6 heteroatoms. The predicted molar refractivity (Wildman–Crippen MR) is 66.0 cm³/mol. The highest BCUT2D eigenvalue weighted by Gasteiger charge is 2.50. The second-order valence-corrected chi connectivity index (χ2v) is 5.27. The van der Waals surface area contributed by atoms with Crippen molar-refractivity contribution in [2.24, 2.45) is 0 Å². The van der Waals surface area contributed by atoms with E-state index in [4.69, 9.17) is 9.47 Å². The Bertz CT molecular complexity index is 566. The number of rotatable bonds is 1. The third-order valence-corrected chi connectivity index (χ3v) is 4.12. The van der Waals surface area contributed by atoms with Crippen molar-refractivity contribution in [2.75, 3.05) is 6.61 Å². The SMILES string of the molecule is O=C1c2ccccc2C(=O)N1[C@@H]1C[C@H](O)[C@@H]2OC[C@@H]1O2. The van der Waals surface area contributed by atoms with Crippen molar-refractivity contribution in [3.8, 4) is 0 Å². The molecule has 1 aromatic rings. The highest BCUT2D eigenvalue weighted by Crippen LogP contribution is 2.35. The number of benzene rings is 1. The number of hydrogen-bond acceptors (Lipinski definition) is 5. The van der Waals surface area contributed by atoms with Gasteiger partial charge >= 0.3 is 0 Å². The lowest BCUT2D eigenvalue weighted by Gasteiger charge is -2.35. The van der Waals surface area contributed by atoms with Crippen LogP contribution in [0.4, 0.5) is 0 Å². The highest BCUT2D eigenvalue weighted by molar-refractivity contribution is 6.21. The smallest absolute Gasteiger partial charge is 0.261 e. The van der Waals surface area contributed by atoms with Crippen LogP contribution in [0.15, 0.2) is 24.3 Å². The van der Waals surface area contributed by atoms with Crippen molar-refractivity contribution >= 4 is 11.8 Å². The van der Waals surface area contributed by atoms with Gasteiger partial charge in [-0.25, -0.2) is 0 Å². The summed E-state index contributed by atoms with van der Waals surface area (Å²) in [5.74, 6) is -0.645. The average molecular weight is 275 g/mol. The lowest BCUT2D eigenvalue weighted by atomic mass is 10.00. The summed E-state index contributed by atoms with van der Waals surface area (Å²) < 4.78 is 10.8. The number of amides is 2. The first-order valence-electron chi connectivity index (χ1n) is 6.59. The number of carbonyl (C=O) groups excluding carboxylic acids is 2. The van der Waals surface area contributed by atoms with Gasteiger partial charge in [0.05, 0.1) is 23.8 Å². The van der Waals surface area contributed by atoms with Crippen LogP contribution in [0.2, 0.25) is 0 Å². The van der Waals surface area contributed by atoms with Crippen LogP contribution in [0.25, 0.3) is 0 Å². The van der Waals surface area contributed by atoms with Crippen LogP contribution in [0.3, 0.4) is 0 Å². The summed E-state index contributed by atoms with van der Waals surface area (Å²) in [7, 11) is 0. The zero-order valence-corrected chi connectivity index (χ0v) is 10.6. The van der Waals surface area contributed by atoms with E-state index in [1.54, 1.807) is 24.3 Å². The van der Waals surface area contributed by atoms with E-state index in [0.29, 0.717) is 24.2 Å². The molecule has 3 aliphatic rings. The number of hydrogen-bond donors (Lipinski definition) is 1. The largest absolute Gasteiger partial charge is 0.388 e. The molecule has 6 nitrogen and oxygen atoms in total. The van der Waals surface area contributed by atoms with Crippen LogP contribution in [0.5, 0.6) is 0 Å². The molecule has 4 rings (SSSR count). The fourth-order valence-corrected chi connectivity index (χ4v) is 3.14. The first-order valence-corrected chi connectivity index (χ1v) is 6.59. The number of nitrogens with zero attached hydrogens (tertiary/aromatic N) is 1. The Morgan fingerprint density at radius 2 is 1.80 bits per heavy atom. The van der Waals surface area contributed by atoms with Gasteiger partial charge in [-0.15, -0.1) is 0 Å². The molecular formula is C14H13NO5. The summed E-state index contributed by atoms with van der Waals surface area (Å²) in [5.41, 5.74) is 0.820. The zero-order valence-electron chi connectivity index (χ0n) is 10.6. The molecule has 1 N–H and O–H groups in total. The minimum Gasteiger partial charge on any atom is -0.388 e. The van der Waals surface area contributed by atoms with Gasteiger partial charge in [-0.05, 0) is 12.1 Å². The van der Waals surface area contributed by atoms with E-state index in [1.165, 1.54) is 4.90 Å². The molecule has 0 radical (unpaired) electrons. The molecule has 0 aliphatic carbocycles. The number of aliphatic hydroxyl groups is 1. The van der Waals surface area contributed by atoms with Gasteiger partial charge in [0.1, 0.15) is 12.2 Å². The van der Waals surface area contributed by atoms with Crippen molar-refractivity contribution in [3.05, 3.63) is 35.4 Å². The maximum atomic E-state index is 12.4. The maximum absolute atomic E-state index is 12.4. The number of aliphatic hydroxyl groups excluding tert-OH is 1. The van der Waals surface area contributed by atoms with E-state index < -0.39 is 18.4 Å². The van der Waals surface area contributed by atoms with E-state index in [9.17, 15) is 14.7 Å². The Kier molecular flexibility index (Phi) is 2.47. The lowest BCUT2D eigenvalue weighted by molar-refractivity contribution is -0.166. The monoisotopic (exact) mass is 275 g/mol. The fraction of sp³-hybridized carbons (Fsp3) is 0.429. The molecule has 1 aromatic carbocycles. The molecule has 2 fully saturated rings. The van der Waals surface area contributed by atoms with Crippen molar-refractivity contribution in [1.29, 1.82) is 0 Å². The summed E-state index contributed by atoms with van der Waals surface area (Å²) in [6.45, 7) is 0.291. The molecule has 104 valence electrons. The van der Waals surface area contributed by atoms with Crippen LogP contribution in [0, 0.1) is 0 Å². The predicted octanol–water partition coefficient (Wildman–Crippen LogP) is 0.157. The maximum Gasteiger partial charge on any atom is 0.261 e. The summed E-state index contributed by atoms with van der Waals surface area (Å²) in [6.07, 6.45) is -1.51. The molecule has 0 aromatic heterocycles. The summed E-state index contributed by atoms with van der Waals surface area (Å²) in [6, 6.07) is 6.27. The Morgan fingerprint density at radius 3 is 2.45 bits per heavy atom. The van der Waals surface area contributed by atoms with Crippen molar-refractivity contribution in [3.63, 3.8) is 0 Å². The van der Waals surface area contributed by atoms with Crippen molar-refractivity contribution < 1.29 is 24.2 Å². The molecule has 4 atom stereocenters. The van der Waals surface area contributed by atoms with E-state index in [0.717, 1.165) is 0 Å². The molecule has 2 amide bonds. The second-order valence-electron chi connectivity index (χ2n) is 5.27. The first-order chi connectivity index (χ1) is 9.66. The Morgan fingerprint density at radius 1 is 1.15 bits per heavy atom. The van der Waals surface area contributed by atoms with Gasteiger partial charge in [0.2, 0.25) is 0 Å². The standard InChI is InChI=1S/C14H13NO5/c16-10-5-9(11-6-19-14(10)20-11)15-12(17)7-3-1-2-4-8(7)13(15)18/h1-4,9-11,14,16H,5-6H2/t9-,10+,11+,14-/m1/s1. The number of fused-ring (bicyclic) bond motifs is 3. The molecule has 0 spiro atoms. The average Bonchev–Trinajstić information content (AvgIpc) is 2.99. The van der Waals surface area contributed by atoms with Crippen molar-refractivity contribution in [1.82, 2.24) is 4.90 Å². The van der Waals surface area contributed by atoms with Gasteiger partial charge in [-0.2, -0.15) is 0 Å². The van der Waals surface area contributed by atoms with E-state index in [1.807, 2.05) is 0 Å². The number of imide groups is 1. The second kappa shape index (κ2) is 4.12. The Hall–Kier alpha value is -1.76. The van der Waals surface area contributed by atoms with Crippen LogP contribution >= 0.6 is 0 Å². The van der Waals surface area contributed by atoms with Crippen LogP contribution in [0.1, 0.15) is 27.1 Å². The topological polar surface area (TPSA) is 76.1 Å². The van der Waals surface area contributed by atoms with E-state index in [-0.39, 0.29) is 17.9 Å². The normalized spacial score (nSPS) is 35.5. The van der Waals surface area contributed by atoms with Gasteiger partial charge < -0.3 is 14.6 Å². The quantitative estimate of drug-likeness (QED) is 0.739. The molecule has 0 unspecified atom stereocenters. The molecule has 2 bridgehead atoms. The van der Waals surface area contributed by atoms with Gasteiger partial charge in [0, 0.05) is 6.42 Å². The summed E-state index contributed by atoms with van der Waals surface area (Å²) in [5, 5.41) is 9.92. The summed E-state index contributed by atoms with van der Waals surface area (Å²) >= 11 is 0. The third kappa shape index (κ3) is 1.49. The fourth-order valence-electron chi connectivity index (χ4n) is 3.14. The number of carbonyl (C=O) groups is 2. The van der Waals surface area contributed by atoms with E-state index in [2.05, 4.69) is 0 Å². The van der Waals surface area contributed by atoms with Gasteiger partial charge in [-0.3, -0.25) is 14.5 Å². The van der Waals surface area contributed by atoms with Gasteiger partial charge in [-0.1, -0.05) is 12.1 Å². The van der Waals surface area contributed by atoms with Gasteiger partial charge in [0.15, 0.2) is 6.29 Å². The first kappa shape index (κ1) is 12.0. The molecule has 0 saturated carbocycles. The zero-order chi connectivity index (χ0) is 13.9. The minimum absolute atomic E-state index is 0.291. The highest BCUT2D eigenvalue weighted by atomic mass is 16.7. The number of ether oxygens (including phenoxy) is 2. The molecular weight excluding hydrogens is 262 g/mol. The Balaban J connectivity index is 1.70. The third-order valence-electron chi connectivity index (χ3n) is 4.12. The van der Waals surface area contributed by atoms with Crippen LogP contribution in [-0.4, -0.2) is 53.0 Å². The molecule has 3 aliphatic heterocycles. The lowest BCUT2D eigenvalue weighted by Crippen LogP contribution is -2.53. The van der Waals surface area contributed by atoms with Crippen LogP contribution in [-0.2, 0) is 9.47 Å². The van der Waals surface area contributed by atoms with E-state index >= 15 is 0 Å². The minimum atomic E-state index is -0.817. The molecule has 3 heterocycles. The molecule has 2 saturated heterocycles.